The summed E-state index contributed by atoms with van der Waals surface area (Å²) in [4.78, 5) is 32.4. The van der Waals surface area contributed by atoms with Crippen molar-refractivity contribution >= 4 is 17.9 Å². The van der Waals surface area contributed by atoms with Crippen LogP contribution < -0.4 is 18.9 Å². The molecule has 3 aromatic rings. The normalized spacial score (nSPS) is 9.23. The van der Waals surface area contributed by atoms with Crippen LogP contribution in [0, 0.1) is 20.8 Å². The summed E-state index contributed by atoms with van der Waals surface area (Å²) in [6.45, 7) is 9.81. The van der Waals surface area contributed by atoms with Crippen LogP contribution in [0.25, 0.3) is 0 Å². The van der Waals surface area contributed by atoms with Crippen molar-refractivity contribution in [3.63, 3.8) is 0 Å². The third kappa shape index (κ3) is 11.0. The van der Waals surface area contributed by atoms with Crippen molar-refractivity contribution in [2.45, 2.75) is 34.6 Å². The van der Waals surface area contributed by atoms with E-state index in [1.807, 2.05) is 13.8 Å². The zero-order valence-electron chi connectivity index (χ0n) is 21.3. The molecule has 0 aliphatic heterocycles. The number of carbonyl (C=O) groups is 3. The minimum Gasteiger partial charge on any atom is -0.870 e. The van der Waals surface area contributed by atoms with E-state index < -0.39 is 5.97 Å². The molecule has 3 rings (SSSR count). The summed E-state index contributed by atoms with van der Waals surface area (Å²) in [5.41, 5.74) is 3.45. The molecule has 3 heterocycles. The summed E-state index contributed by atoms with van der Waals surface area (Å²) in [6, 6.07) is 4.89. The Morgan fingerprint density at radius 3 is 1.57 bits per heavy atom. The minimum atomic E-state index is -0.983. The number of aryl methyl sites for hydroxylation is 5. The molecule has 3 aromatic heterocycles. The number of carboxylic acid groups (broad SMARTS) is 1. The first-order valence-electron chi connectivity index (χ1n) is 10.1. The van der Waals surface area contributed by atoms with Gasteiger partial charge in [0, 0.05) is 31.2 Å². The second kappa shape index (κ2) is 16.3. The number of rotatable bonds is 5. The van der Waals surface area contributed by atoms with Gasteiger partial charge in [-0.1, -0.05) is 0 Å². The zero-order chi connectivity index (χ0) is 25.1. The molecule has 0 aliphatic carbocycles. The summed E-state index contributed by atoms with van der Waals surface area (Å²) in [5, 5.41) is 22.5. The van der Waals surface area contributed by atoms with E-state index in [0.717, 1.165) is 17.1 Å². The molecule has 0 amide bonds. The summed E-state index contributed by atoms with van der Waals surface area (Å²) in [6.07, 6.45) is 0. The maximum atomic E-state index is 11.1. The van der Waals surface area contributed by atoms with E-state index >= 15 is 0 Å². The summed E-state index contributed by atoms with van der Waals surface area (Å²) < 4.78 is 12.7. The fraction of sp³-hybridized carbons (Fsp3) is 0.429. The number of carbonyl (C=O) groups excluding carboxylic acids is 2. The van der Waals surface area contributed by atoms with Crippen molar-refractivity contribution in [3.05, 3.63) is 52.4 Å². The standard InChI is InChI=1S/C8H12N2O2.C7H10N2O2.C6H8N2O2.Li.H2O/c1-4-12-8(11)7-5-6(2)10(3)9-7;1-3-11-7(10)6-4-5(2)8-9-6;1-4-3-5(6(9)10)7-8(4)2;;/h5H,4H2,1-3H3;4H,3H2,1-2H3,(H,8,9);3H,1-2H3,(H,9,10);;1H2/q;;;+1;/p-1. The molecule has 3 N–H and O–H groups in total. The first-order valence-corrected chi connectivity index (χ1v) is 10.1. The van der Waals surface area contributed by atoms with Crippen LogP contribution in [-0.4, -0.2) is 71.5 Å². The van der Waals surface area contributed by atoms with Crippen LogP contribution in [0.3, 0.4) is 0 Å². The van der Waals surface area contributed by atoms with E-state index in [4.69, 9.17) is 14.6 Å². The number of aromatic amines is 1. The summed E-state index contributed by atoms with van der Waals surface area (Å²) in [7, 11) is 3.50. The van der Waals surface area contributed by atoms with Crippen LogP contribution in [0.4, 0.5) is 0 Å². The van der Waals surface area contributed by atoms with Crippen molar-refractivity contribution < 1.29 is 53.3 Å². The van der Waals surface area contributed by atoms with E-state index in [1.54, 1.807) is 51.7 Å². The van der Waals surface area contributed by atoms with Crippen molar-refractivity contribution in [1.82, 2.24) is 29.8 Å². The molecule has 0 saturated carbocycles. The summed E-state index contributed by atoms with van der Waals surface area (Å²) in [5.74, 6) is -1.72. The van der Waals surface area contributed by atoms with Gasteiger partial charge in [0.1, 0.15) is 0 Å². The molecule has 0 unspecified atom stereocenters. The molecule has 14 heteroatoms. The number of nitrogens with zero attached hydrogens (tertiary/aromatic N) is 5. The molecule has 0 atom stereocenters. The van der Waals surface area contributed by atoms with E-state index in [0.29, 0.717) is 24.6 Å². The van der Waals surface area contributed by atoms with Crippen LogP contribution >= 0.6 is 0 Å². The van der Waals surface area contributed by atoms with Gasteiger partial charge in [0.05, 0.1) is 13.2 Å². The summed E-state index contributed by atoms with van der Waals surface area (Å²) >= 11 is 0. The molecule has 35 heavy (non-hydrogen) atoms. The van der Waals surface area contributed by atoms with Gasteiger partial charge in [0.2, 0.25) is 0 Å². The second-order valence-electron chi connectivity index (χ2n) is 6.77. The molecule has 0 radical (unpaired) electrons. The number of carboxylic acids is 1. The number of H-pyrrole nitrogens is 1. The third-order valence-corrected chi connectivity index (χ3v) is 4.12. The molecule has 0 fully saturated rings. The Labute approximate surface area is 215 Å². The van der Waals surface area contributed by atoms with Gasteiger partial charge in [-0.25, -0.2) is 14.4 Å². The largest absolute Gasteiger partial charge is 1.00 e. The molecule has 188 valence electrons. The maximum absolute atomic E-state index is 11.1. The third-order valence-electron chi connectivity index (χ3n) is 4.12. The first kappa shape index (κ1) is 33.8. The Morgan fingerprint density at radius 1 is 0.857 bits per heavy atom. The van der Waals surface area contributed by atoms with Gasteiger partial charge >= 0.3 is 36.8 Å². The second-order valence-corrected chi connectivity index (χ2v) is 6.77. The zero-order valence-corrected chi connectivity index (χ0v) is 21.3. The average Bonchev–Trinajstić information content (AvgIpc) is 3.43. The quantitative estimate of drug-likeness (QED) is 0.337. The number of esters is 2. The first-order chi connectivity index (χ1) is 15.5. The number of nitrogens with one attached hydrogen (secondary N) is 1. The van der Waals surface area contributed by atoms with E-state index in [-0.39, 0.29) is 42.0 Å². The van der Waals surface area contributed by atoms with Gasteiger partial charge in [-0.3, -0.25) is 14.5 Å². The van der Waals surface area contributed by atoms with Gasteiger partial charge < -0.3 is 20.1 Å². The van der Waals surface area contributed by atoms with Gasteiger partial charge in [-0.05, 0) is 52.8 Å². The van der Waals surface area contributed by atoms with Crippen LogP contribution in [0.2, 0.25) is 0 Å². The predicted molar refractivity (Wildman–Crippen MR) is 120 cm³/mol. The number of hydrogen-bond donors (Lipinski definition) is 2. The van der Waals surface area contributed by atoms with Crippen LogP contribution in [-0.2, 0) is 23.6 Å². The molecule has 0 aliphatic rings. The molecule has 0 bridgehead atoms. The molecular weight excluding hydrogens is 455 g/mol. The Balaban J connectivity index is 0. The number of hydrogen-bond acceptors (Lipinski definition) is 9. The smallest absolute Gasteiger partial charge is 0.870 e. The fourth-order valence-corrected chi connectivity index (χ4v) is 2.26. The molecule has 0 spiro atoms. The van der Waals surface area contributed by atoms with Crippen LogP contribution in [0.5, 0.6) is 0 Å². The van der Waals surface area contributed by atoms with E-state index in [1.165, 1.54) is 10.7 Å². The van der Waals surface area contributed by atoms with Gasteiger partial charge in [0.15, 0.2) is 17.1 Å². The molecular formula is C21H31LiN6O7. The van der Waals surface area contributed by atoms with Crippen molar-refractivity contribution in [3.8, 4) is 0 Å². The van der Waals surface area contributed by atoms with Crippen LogP contribution in [0.15, 0.2) is 18.2 Å². The number of aromatic carboxylic acids is 1. The molecule has 0 saturated heterocycles. The van der Waals surface area contributed by atoms with Gasteiger partial charge in [0.25, 0.3) is 0 Å². The average molecular weight is 486 g/mol. The fourth-order valence-electron chi connectivity index (χ4n) is 2.26. The van der Waals surface area contributed by atoms with Crippen molar-refractivity contribution in [2.75, 3.05) is 13.2 Å². The van der Waals surface area contributed by atoms with E-state index in [2.05, 4.69) is 20.4 Å². The maximum Gasteiger partial charge on any atom is 1.00 e. The minimum absolute atomic E-state index is 0. The molecule has 13 nitrogen and oxygen atoms in total. The monoisotopic (exact) mass is 486 g/mol. The Bertz CT molecular complexity index is 1050. The Kier molecular flexibility index (Phi) is 15.7. The van der Waals surface area contributed by atoms with Crippen molar-refractivity contribution in [2.24, 2.45) is 14.1 Å². The Morgan fingerprint density at radius 2 is 1.29 bits per heavy atom. The van der Waals surface area contributed by atoms with Gasteiger partial charge in [-0.15, -0.1) is 0 Å². The number of aromatic nitrogens is 6. The number of ether oxygens (including phenoxy) is 2. The predicted octanol–water partition coefficient (Wildman–Crippen LogP) is -0.946. The Hall–Kier alpha value is -3.40. The SMILES string of the molecule is CCOC(=O)c1cc(C)[nH]n1.CCOC(=O)c1cc(C)n(C)n1.Cc1cc(C(=O)O)nn1C.[Li+].[OH-]. The van der Waals surface area contributed by atoms with Crippen molar-refractivity contribution in [1.29, 1.82) is 0 Å². The molecule has 0 aromatic carbocycles. The van der Waals surface area contributed by atoms with E-state index in [9.17, 15) is 14.4 Å². The van der Waals surface area contributed by atoms with Gasteiger partial charge in [-0.2, -0.15) is 15.3 Å². The van der Waals surface area contributed by atoms with Crippen LogP contribution in [0.1, 0.15) is 62.4 Å². The topological polar surface area (TPSA) is 184 Å².